The van der Waals surface area contributed by atoms with Crippen molar-refractivity contribution in [2.75, 3.05) is 0 Å². The first-order valence-electron chi connectivity index (χ1n) is 15.3. The number of fused-ring (bicyclic) bond motifs is 10. The predicted octanol–water partition coefficient (Wildman–Crippen LogP) is 5.12. The molecule has 0 saturated heterocycles. The second-order valence-corrected chi connectivity index (χ2v) is 14.2. The van der Waals surface area contributed by atoms with Crippen molar-refractivity contribution in [1.29, 1.82) is 0 Å². The first-order valence-corrected chi connectivity index (χ1v) is 15.3. The second kappa shape index (κ2) is 9.93. The molecule has 220 valence electrons. The van der Waals surface area contributed by atoms with Crippen LogP contribution < -0.4 is 10.9 Å². The van der Waals surface area contributed by atoms with Gasteiger partial charge >= 0.3 is 15.0 Å². The van der Waals surface area contributed by atoms with Crippen molar-refractivity contribution in [3.63, 3.8) is 0 Å². The fourth-order valence-corrected chi connectivity index (χ4v) is 6.50. The van der Waals surface area contributed by atoms with Gasteiger partial charge in [0.1, 0.15) is 0 Å². The van der Waals surface area contributed by atoms with E-state index in [1.807, 2.05) is 27.7 Å². The zero-order chi connectivity index (χ0) is 31.0. The van der Waals surface area contributed by atoms with E-state index in [0.29, 0.717) is 15.0 Å². The van der Waals surface area contributed by atoms with Crippen molar-refractivity contribution < 1.29 is 19.5 Å². The van der Waals surface area contributed by atoms with Crippen molar-refractivity contribution in [3.8, 4) is 22.3 Å². The highest BCUT2D eigenvalue weighted by atomic mass is 16.5. The van der Waals surface area contributed by atoms with Gasteiger partial charge in [0.2, 0.25) is 0 Å². The van der Waals surface area contributed by atoms with E-state index < -0.39 is 27.8 Å². The van der Waals surface area contributed by atoms with Crippen LogP contribution in [0.4, 0.5) is 0 Å². The molecule has 0 fully saturated rings. The highest BCUT2D eigenvalue weighted by molar-refractivity contribution is 6.51. The number of benzene rings is 4. The Morgan fingerprint density at radius 2 is 0.837 bits per heavy atom. The summed E-state index contributed by atoms with van der Waals surface area (Å²) in [5.74, 6) is 0. The first kappa shape index (κ1) is 29.9. The lowest BCUT2D eigenvalue weighted by atomic mass is 9.69. The number of rotatable bonds is 8. The van der Waals surface area contributed by atoms with E-state index in [0.717, 1.165) is 10.9 Å². The van der Waals surface area contributed by atoms with Crippen LogP contribution >= 0.6 is 0 Å². The molecule has 4 nitrogen and oxygen atoms in total. The third-order valence-corrected chi connectivity index (χ3v) is 10.4. The van der Waals surface area contributed by atoms with Gasteiger partial charge in [0, 0.05) is 0 Å². The van der Waals surface area contributed by atoms with Gasteiger partial charge in [0.05, 0.1) is 27.8 Å². The molecule has 4 aromatic carbocycles. The molecular weight excluding hydrogens is 530 g/mol. The molecule has 0 bridgehead atoms. The van der Waals surface area contributed by atoms with Gasteiger partial charge in [-0.2, -0.15) is 0 Å². The topological polar surface area (TPSA) is 58.9 Å². The summed E-state index contributed by atoms with van der Waals surface area (Å²) in [5.41, 5.74) is 8.14. The molecule has 0 amide bonds. The van der Waals surface area contributed by atoms with Gasteiger partial charge in [0.25, 0.3) is 0 Å². The van der Waals surface area contributed by atoms with Crippen LogP contribution in [0, 0.1) is 0 Å². The maximum Gasteiger partial charge on any atom is 0.310 e. The third kappa shape index (κ3) is 4.45. The van der Waals surface area contributed by atoms with E-state index >= 15 is 0 Å². The van der Waals surface area contributed by atoms with Gasteiger partial charge < -0.3 is 19.5 Å². The Bertz CT molecular complexity index is 1580. The van der Waals surface area contributed by atoms with Crippen LogP contribution in [0.15, 0.2) is 84.9 Å². The van der Waals surface area contributed by atoms with Crippen LogP contribution in [0.3, 0.4) is 0 Å². The quantitative estimate of drug-likeness (QED) is 0.249. The summed E-state index contributed by atoms with van der Waals surface area (Å²) >= 11 is 0. The summed E-state index contributed by atoms with van der Waals surface area (Å²) in [6.07, 6.45) is 0. The molecule has 43 heavy (non-hydrogen) atoms. The van der Waals surface area contributed by atoms with E-state index in [9.17, 15) is 10.2 Å². The van der Waals surface area contributed by atoms with Gasteiger partial charge in [-0.1, -0.05) is 84.9 Å². The van der Waals surface area contributed by atoms with Gasteiger partial charge in [-0.25, -0.2) is 0 Å². The number of hydrogen-bond donors (Lipinski definition) is 2. The molecule has 0 saturated carbocycles. The summed E-state index contributed by atoms with van der Waals surface area (Å²) in [4.78, 5) is 0. The fourth-order valence-electron chi connectivity index (χ4n) is 6.50. The lowest BCUT2D eigenvalue weighted by Crippen LogP contribution is -2.49. The summed E-state index contributed by atoms with van der Waals surface area (Å²) in [7, 11) is 0.776. The van der Waals surface area contributed by atoms with Crippen molar-refractivity contribution >= 4 is 25.9 Å². The minimum atomic E-state index is -0.994. The van der Waals surface area contributed by atoms with Crippen LogP contribution in [-0.2, 0) is 14.7 Å². The minimum absolute atomic E-state index is 0.388. The van der Waals surface area contributed by atoms with E-state index in [1.54, 1.807) is 27.7 Å². The Morgan fingerprint density at radius 1 is 0.488 bits per heavy atom. The van der Waals surface area contributed by atoms with Crippen LogP contribution in [0.25, 0.3) is 22.3 Å². The van der Waals surface area contributed by atoms with Gasteiger partial charge in [-0.05, 0) is 111 Å². The molecule has 1 spiro atoms. The Kier molecular flexibility index (Phi) is 6.91. The molecule has 0 atom stereocenters. The molecule has 0 heterocycles. The fraction of sp³-hybridized carbons (Fsp3) is 0.351. The Balaban J connectivity index is 1.56. The molecule has 6 heteroatoms. The molecule has 0 radical (unpaired) electrons. The maximum atomic E-state index is 10.8. The molecule has 2 aliphatic carbocycles. The van der Waals surface area contributed by atoms with Crippen molar-refractivity contribution in [1.82, 2.24) is 0 Å². The zero-order valence-electron chi connectivity index (χ0n) is 26.7. The molecule has 2 N–H and O–H groups in total. The molecular formula is C37H42B2O4. The molecule has 4 aromatic rings. The molecule has 0 unspecified atom stereocenters. The highest BCUT2D eigenvalue weighted by Crippen LogP contribution is 2.61. The van der Waals surface area contributed by atoms with Crippen molar-refractivity contribution in [3.05, 3.63) is 107 Å². The Morgan fingerprint density at radius 3 is 1.21 bits per heavy atom. The Labute approximate surface area is 257 Å². The van der Waals surface area contributed by atoms with E-state index in [4.69, 9.17) is 9.31 Å². The van der Waals surface area contributed by atoms with E-state index in [1.165, 1.54) is 44.5 Å². The van der Waals surface area contributed by atoms with Gasteiger partial charge in [-0.3, -0.25) is 0 Å². The average Bonchev–Trinajstić information content (AvgIpc) is 3.42. The summed E-state index contributed by atoms with van der Waals surface area (Å²) < 4.78 is 12.9. The normalized spacial score (nSPS) is 15.1. The third-order valence-electron chi connectivity index (χ3n) is 10.4. The number of aliphatic hydroxyl groups is 2. The van der Waals surface area contributed by atoms with Crippen LogP contribution in [0.2, 0.25) is 0 Å². The summed E-state index contributed by atoms with van der Waals surface area (Å²) in [6.45, 7) is 14.9. The molecule has 0 aromatic heterocycles. The highest BCUT2D eigenvalue weighted by Gasteiger charge is 2.52. The minimum Gasteiger partial charge on any atom is -0.427 e. The van der Waals surface area contributed by atoms with Crippen LogP contribution in [0.5, 0.6) is 0 Å². The second-order valence-electron chi connectivity index (χ2n) is 14.2. The van der Waals surface area contributed by atoms with E-state index in [2.05, 4.69) is 84.9 Å². The van der Waals surface area contributed by atoms with Gasteiger partial charge in [0.15, 0.2) is 0 Å². The molecule has 0 aliphatic heterocycles. The largest absolute Gasteiger partial charge is 0.427 e. The van der Waals surface area contributed by atoms with Crippen LogP contribution in [0.1, 0.15) is 77.6 Å². The SMILES string of the molecule is CC(C)(O)C(C)(C)OBc1cccc2c1-c1ccccc1C21c2ccccc2-c2c(BOC(C)(C)C(C)(C)O)cccc21. The Hall–Kier alpha value is -3.15. The predicted molar refractivity (Wildman–Crippen MR) is 179 cm³/mol. The zero-order valence-corrected chi connectivity index (χ0v) is 26.7. The summed E-state index contributed by atoms with van der Waals surface area (Å²) in [6, 6.07) is 30.6. The molecule has 6 rings (SSSR count). The van der Waals surface area contributed by atoms with Crippen LogP contribution in [-0.4, -0.2) is 47.6 Å². The van der Waals surface area contributed by atoms with Crippen molar-refractivity contribution in [2.24, 2.45) is 0 Å². The lowest BCUT2D eigenvalue weighted by Gasteiger charge is -2.38. The van der Waals surface area contributed by atoms with E-state index in [-0.39, 0.29) is 0 Å². The van der Waals surface area contributed by atoms with Gasteiger partial charge in [-0.15, -0.1) is 0 Å². The smallest absolute Gasteiger partial charge is 0.310 e. The van der Waals surface area contributed by atoms with Crippen molar-refractivity contribution in [2.45, 2.75) is 83.2 Å². The maximum absolute atomic E-state index is 10.8. The lowest BCUT2D eigenvalue weighted by molar-refractivity contribution is -0.0893. The molecule has 2 aliphatic rings. The monoisotopic (exact) mass is 572 g/mol. The number of hydrogen-bond acceptors (Lipinski definition) is 4. The first-order chi connectivity index (χ1) is 20.1. The average molecular weight is 572 g/mol. The summed E-state index contributed by atoms with van der Waals surface area (Å²) in [5, 5.41) is 21.6. The standard InChI is InChI=1S/C37H42B2O4/c1-33(2,40)35(5,6)42-38-29-21-13-19-27-31(29)23-15-9-11-17-25(23)37(27)26-18-12-10-16-24(26)32-28(37)20-14-22-30(32)39-43-36(7,8)34(3,4)41/h9-22,38-41H,1-8H3.